The van der Waals surface area contributed by atoms with E-state index in [1.807, 2.05) is 0 Å². The molecule has 2 unspecified atom stereocenters. The first-order valence-corrected chi connectivity index (χ1v) is 5.99. The largest absolute Gasteiger partial charge is 0.376 e. The van der Waals surface area contributed by atoms with E-state index in [0.29, 0.717) is 12.1 Å². The Morgan fingerprint density at radius 1 is 1.47 bits per heavy atom. The lowest BCUT2D eigenvalue weighted by Gasteiger charge is -2.36. The predicted octanol–water partition coefficient (Wildman–Crippen LogP) is 1.48. The minimum absolute atomic E-state index is 0.214. The zero-order chi connectivity index (χ0) is 11.5. The van der Waals surface area contributed by atoms with E-state index in [1.165, 1.54) is 0 Å². The van der Waals surface area contributed by atoms with E-state index in [4.69, 9.17) is 4.74 Å². The van der Waals surface area contributed by atoms with Crippen molar-refractivity contribution in [1.82, 2.24) is 10.2 Å². The third kappa shape index (κ3) is 4.96. The van der Waals surface area contributed by atoms with Gasteiger partial charge in [-0.2, -0.15) is 0 Å². The number of nitrogens with zero attached hydrogens (tertiary/aromatic N) is 1. The van der Waals surface area contributed by atoms with Crippen molar-refractivity contribution in [2.24, 2.45) is 0 Å². The third-order valence-electron chi connectivity index (χ3n) is 2.82. The summed E-state index contributed by atoms with van der Waals surface area (Å²) in [7, 11) is 0. The van der Waals surface area contributed by atoms with E-state index in [0.717, 1.165) is 26.2 Å². The van der Waals surface area contributed by atoms with E-state index >= 15 is 0 Å². The Labute approximate surface area is 94.2 Å². The Morgan fingerprint density at radius 2 is 2.13 bits per heavy atom. The molecule has 90 valence electrons. The van der Waals surface area contributed by atoms with Gasteiger partial charge in [0.2, 0.25) is 0 Å². The van der Waals surface area contributed by atoms with Gasteiger partial charge in [-0.05, 0) is 34.6 Å². The normalized spacial score (nSPS) is 26.6. The fourth-order valence-corrected chi connectivity index (χ4v) is 1.83. The van der Waals surface area contributed by atoms with Crippen molar-refractivity contribution in [3.05, 3.63) is 0 Å². The van der Waals surface area contributed by atoms with Gasteiger partial charge in [0.05, 0.1) is 12.7 Å². The van der Waals surface area contributed by atoms with E-state index in [-0.39, 0.29) is 5.54 Å². The molecule has 1 fully saturated rings. The summed E-state index contributed by atoms with van der Waals surface area (Å²) < 4.78 is 5.54. The summed E-state index contributed by atoms with van der Waals surface area (Å²) in [5, 5.41) is 3.55. The van der Waals surface area contributed by atoms with Crippen molar-refractivity contribution in [3.8, 4) is 0 Å². The fraction of sp³-hybridized carbons (Fsp3) is 1.00. The average molecular weight is 214 g/mol. The Morgan fingerprint density at radius 3 is 2.67 bits per heavy atom. The summed E-state index contributed by atoms with van der Waals surface area (Å²) in [6, 6.07) is 0.593. The van der Waals surface area contributed by atoms with Gasteiger partial charge in [-0.1, -0.05) is 0 Å². The van der Waals surface area contributed by atoms with E-state index < -0.39 is 0 Å². The second-order valence-electron chi connectivity index (χ2n) is 5.66. The topological polar surface area (TPSA) is 24.5 Å². The summed E-state index contributed by atoms with van der Waals surface area (Å²) in [4.78, 5) is 2.51. The molecule has 1 saturated heterocycles. The number of morpholine rings is 1. The Balaban J connectivity index is 2.29. The minimum Gasteiger partial charge on any atom is -0.376 e. The van der Waals surface area contributed by atoms with E-state index in [2.05, 4.69) is 44.8 Å². The van der Waals surface area contributed by atoms with Gasteiger partial charge in [0.15, 0.2) is 0 Å². The first kappa shape index (κ1) is 12.9. The molecular weight excluding hydrogens is 188 g/mol. The monoisotopic (exact) mass is 214 g/mol. The summed E-state index contributed by atoms with van der Waals surface area (Å²) in [5.74, 6) is 0. The number of ether oxygens (including phenoxy) is 1. The summed E-state index contributed by atoms with van der Waals surface area (Å²) in [5.41, 5.74) is 0.214. The van der Waals surface area contributed by atoms with Crippen LogP contribution in [0.5, 0.6) is 0 Å². The standard InChI is InChI=1S/C12H26N2O/c1-10(8-13-12(3,4)5)14-6-7-15-11(2)9-14/h10-11,13H,6-9H2,1-5H3. The zero-order valence-corrected chi connectivity index (χ0v) is 10.8. The third-order valence-corrected chi connectivity index (χ3v) is 2.82. The highest BCUT2D eigenvalue weighted by Gasteiger charge is 2.22. The molecule has 3 heteroatoms. The van der Waals surface area contributed by atoms with Gasteiger partial charge in [-0.3, -0.25) is 4.90 Å². The molecule has 0 saturated carbocycles. The molecule has 2 atom stereocenters. The summed E-state index contributed by atoms with van der Waals surface area (Å²) in [6.45, 7) is 15.1. The molecule has 0 aromatic heterocycles. The lowest BCUT2D eigenvalue weighted by atomic mass is 10.1. The molecule has 0 amide bonds. The first-order chi connectivity index (χ1) is 6.88. The molecule has 3 nitrogen and oxygen atoms in total. The van der Waals surface area contributed by atoms with E-state index in [9.17, 15) is 0 Å². The van der Waals surface area contributed by atoms with Crippen LogP contribution in [0.25, 0.3) is 0 Å². The maximum atomic E-state index is 5.54. The molecule has 0 radical (unpaired) electrons. The molecule has 15 heavy (non-hydrogen) atoms. The van der Waals surface area contributed by atoms with Crippen LogP contribution in [-0.2, 0) is 4.74 Å². The van der Waals surface area contributed by atoms with Gasteiger partial charge in [-0.15, -0.1) is 0 Å². The van der Waals surface area contributed by atoms with Crippen LogP contribution < -0.4 is 5.32 Å². The fourth-order valence-electron chi connectivity index (χ4n) is 1.83. The molecule has 0 bridgehead atoms. The van der Waals surface area contributed by atoms with Gasteiger partial charge in [0, 0.05) is 31.2 Å². The maximum Gasteiger partial charge on any atom is 0.0674 e. The Kier molecular flexibility index (Phi) is 4.56. The predicted molar refractivity (Wildman–Crippen MR) is 64.2 cm³/mol. The lowest BCUT2D eigenvalue weighted by Crippen LogP contribution is -2.51. The highest BCUT2D eigenvalue weighted by atomic mass is 16.5. The van der Waals surface area contributed by atoms with Crippen LogP contribution in [-0.4, -0.2) is 48.8 Å². The Hall–Kier alpha value is -0.120. The molecule has 0 spiro atoms. The van der Waals surface area contributed by atoms with Gasteiger partial charge in [0.25, 0.3) is 0 Å². The van der Waals surface area contributed by atoms with Gasteiger partial charge >= 0.3 is 0 Å². The van der Waals surface area contributed by atoms with Crippen LogP contribution in [0, 0.1) is 0 Å². The average Bonchev–Trinajstić information content (AvgIpc) is 2.13. The molecule has 1 N–H and O–H groups in total. The van der Waals surface area contributed by atoms with Crippen molar-refractivity contribution >= 4 is 0 Å². The van der Waals surface area contributed by atoms with Crippen molar-refractivity contribution in [2.45, 2.75) is 52.3 Å². The van der Waals surface area contributed by atoms with Crippen LogP contribution in [0.1, 0.15) is 34.6 Å². The Bertz CT molecular complexity index is 189. The van der Waals surface area contributed by atoms with Crippen molar-refractivity contribution < 1.29 is 4.74 Å². The SMILES string of the molecule is CC1CN(C(C)CNC(C)(C)C)CCO1. The smallest absolute Gasteiger partial charge is 0.0674 e. The number of hydrogen-bond donors (Lipinski definition) is 1. The van der Waals surface area contributed by atoms with Crippen LogP contribution >= 0.6 is 0 Å². The molecule has 1 aliphatic rings. The van der Waals surface area contributed by atoms with E-state index in [1.54, 1.807) is 0 Å². The quantitative estimate of drug-likeness (QED) is 0.770. The van der Waals surface area contributed by atoms with Crippen LogP contribution in [0.15, 0.2) is 0 Å². The van der Waals surface area contributed by atoms with Crippen molar-refractivity contribution in [2.75, 3.05) is 26.2 Å². The van der Waals surface area contributed by atoms with Crippen molar-refractivity contribution in [3.63, 3.8) is 0 Å². The highest BCUT2D eigenvalue weighted by Crippen LogP contribution is 2.09. The second-order valence-corrected chi connectivity index (χ2v) is 5.66. The molecule has 1 aliphatic heterocycles. The first-order valence-electron chi connectivity index (χ1n) is 5.99. The second kappa shape index (κ2) is 5.28. The molecule has 0 aromatic carbocycles. The number of nitrogens with one attached hydrogen (secondary N) is 1. The van der Waals surface area contributed by atoms with Crippen molar-refractivity contribution in [1.29, 1.82) is 0 Å². The molecule has 1 rings (SSSR count). The summed E-state index contributed by atoms with van der Waals surface area (Å²) in [6.07, 6.45) is 0.385. The van der Waals surface area contributed by atoms with Gasteiger partial charge in [0.1, 0.15) is 0 Å². The highest BCUT2D eigenvalue weighted by molar-refractivity contribution is 4.79. The maximum absolute atomic E-state index is 5.54. The lowest BCUT2D eigenvalue weighted by molar-refractivity contribution is -0.0317. The number of rotatable bonds is 3. The van der Waals surface area contributed by atoms with Crippen LogP contribution in [0.4, 0.5) is 0 Å². The molecule has 0 aliphatic carbocycles. The van der Waals surface area contributed by atoms with Crippen LogP contribution in [0.2, 0.25) is 0 Å². The van der Waals surface area contributed by atoms with Gasteiger partial charge < -0.3 is 10.1 Å². The number of hydrogen-bond acceptors (Lipinski definition) is 3. The molecule has 1 heterocycles. The molecule has 0 aromatic rings. The zero-order valence-electron chi connectivity index (χ0n) is 10.8. The molecular formula is C12H26N2O. The summed E-state index contributed by atoms with van der Waals surface area (Å²) >= 11 is 0. The van der Waals surface area contributed by atoms with Crippen LogP contribution in [0.3, 0.4) is 0 Å². The van der Waals surface area contributed by atoms with Gasteiger partial charge in [-0.25, -0.2) is 0 Å². The minimum atomic E-state index is 0.214.